The van der Waals surface area contributed by atoms with E-state index in [1.807, 2.05) is 37.3 Å². The highest BCUT2D eigenvalue weighted by atomic mass is 32.2. The quantitative estimate of drug-likeness (QED) is 0.581. The highest BCUT2D eigenvalue weighted by molar-refractivity contribution is 7.89. The summed E-state index contributed by atoms with van der Waals surface area (Å²) in [5.41, 5.74) is 5.10. The molecule has 0 saturated heterocycles. The van der Waals surface area contributed by atoms with E-state index in [1.54, 1.807) is 24.3 Å². The van der Waals surface area contributed by atoms with Gasteiger partial charge in [0.15, 0.2) is 0 Å². The lowest BCUT2D eigenvalue weighted by Gasteiger charge is -2.18. The fourth-order valence-electron chi connectivity index (χ4n) is 2.23. The van der Waals surface area contributed by atoms with Gasteiger partial charge < -0.3 is 0 Å². The molecule has 0 aromatic heterocycles. The zero-order valence-corrected chi connectivity index (χ0v) is 18.1. The van der Waals surface area contributed by atoms with Crippen molar-refractivity contribution in [3.63, 3.8) is 0 Å². The molecule has 0 spiro atoms. The van der Waals surface area contributed by atoms with E-state index in [1.165, 1.54) is 4.31 Å². The van der Waals surface area contributed by atoms with E-state index in [4.69, 9.17) is 0 Å². The molecular weight excluding hydrogens is 370 g/mol. The number of hydrogen-bond acceptors (Lipinski definition) is 2. The lowest BCUT2D eigenvalue weighted by atomic mass is 10.2. The number of aryl methyl sites for hydroxylation is 1. The molecule has 0 heterocycles. The number of nitrogens with zero attached hydrogens (tertiary/aromatic N) is 1. The lowest BCUT2D eigenvalue weighted by Crippen LogP contribution is -2.32. The Hall–Kier alpha value is -2.31. The molecule has 0 aliphatic heterocycles. The minimum absolute atomic E-state index is 0.103. The minimum Gasteiger partial charge on any atom is -0.207 e. The summed E-state index contributed by atoms with van der Waals surface area (Å²) >= 11 is 0. The number of hydrogen-bond donors (Lipinski definition) is 0. The van der Waals surface area contributed by atoms with Crippen molar-refractivity contribution in [1.29, 1.82) is 0 Å². The molecule has 0 aliphatic carbocycles. The topological polar surface area (TPSA) is 37.4 Å². The largest absolute Gasteiger partial charge is 0.244 e. The first kappa shape index (κ1) is 21.0. The Bertz CT molecular complexity index is 984. The fraction of sp³-hybridized carbons (Fsp3) is 0.273. The zero-order chi connectivity index (χ0) is 19.9. The van der Waals surface area contributed by atoms with Crippen molar-refractivity contribution in [1.82, 2.24) is 4.31 Å². The fourth-order valence-corrected chi connectivity index (χ4v) is 4.09. The van der Waals surface area contributed by atoms with E-state index in [0.717, 1.165) is 11.1 Å². The maximum absolute atomic E-state index is 13.0. The molecule has 2 rings (SSSR count). The van der Waals surface area contributed by atoms with E-state index >= 15 is 0 Å². The van der Waals surface area contributed by atoms with Crippen LogP contribution >= 0.6 is 0 Å². The molecule has 2 aromatic rings. The molecule has 0 atom stereocenters. The predicted molar refractivity (Wildman–Crippen MR) is 114 cm³/mol. The van der Waals surface area contributed by atoms with Gasteiger partial charge in [-0.25, -0.2) is 8.42 Å². The smallest absolute Gasteiger partial charge is 0.207 e. The summed E-state index contributed by atoms with van der Waals surface area (Å²) in [6.45, 7) is 8.57. The maximum Gasteiger partial charge on any atom is 0.244 e. The van der Waals surface area contributed by atoms with Gasteiger partial charge in [-0.15, -0.1) is 5.54 Å². The third kappa shape index (κ3) is 6.73. The number of sulfonamides is 1. The third-order valence-electron chi connectivity index (χ3n) is 3.64. The Morgan fingerprint density at radius 2 is 1.48 bits per heavy atom. The summed E-state index contributed by atoms with van der Waals surface area (Å²) in [4.78, 5) is 0.268. The molecule has 0 bridgehead atoms. The van der Waals surface area contributed by atoms with E-state index in [-0.39, 0.29) is 18.0 Å². The first-order chi connectivity index (χ1) is 12.7. The van der Waals surface area contributed by atoms with Crippen molar-refractivity contribution in [2.75, 3.05) is 13.1 Å². The van der Waals surface area contributed by atoms with Crippen LogP contribution in [0.1, 0.15) is 11.1 Å². The lowest BCUT2D eigenvalue weighted by molar-refractivity contribution is 0.482. The van der Waals surface area contributed by atoms with Gasteiger partial charge in [-0.2, -0.15) is 4.31 Å². The molecule has 27 heavy (non-hydrogen) atoms. The van der Waals surface area contributed by atoms with Crippen LogP contribution in [0.15, 0.2) is 59.5 Å². The molecule has 3 nitrogen and oxygen atoms in total. The van der Waals surface area contributed by atoms with Gasteiger partial charge in [0.2, 0.25) is 10.0 Å². The first-order valence-corrected chi connectivity index (χ1v) is 13.7. The van der Waals surface area contributed by atoms with E-state index < -0.39 is 18.1 Å². The molecule has 2 aromatic carbocycles. The Labute approximate surface area is 164 Å². The van der Waals surface area contributed by atoms with Gasteiger partial charge >= 0.3 is 0 Å². The van der Waals surface area contributed by atoms with Crippen LogP contribution in [0.25, 0.3) is 0 Å². The Morgan fingerprint density at radius 1 is 0.889 bits per heavy atom. The standard InChI is InChI=1S/C22H25NO2SSi/c1-20-13-15-22(16-14-20)26(24,25)23(18-9-19-27(2,3)4)17-8-12-21-10-6-5-7-11-21/h5-7,10-11,13-16H,17-18H2,1-4H3. The summed E-state index contributed by atoms with van der Waals surface area (Å²) in [6, 6.07) is 16.4. The van der Waals surface area contributed by atoms with Gasteiger partial charge in [0.1, 0.15) is 8.07 Å². The highest BCUT2D eigenvalue weighted by Gasteiger charge is 2.23. The van der Waals surface area contributed by atoms with Crippen molar-refractivity contribution in [2.45, 2.75) is 31.5 Å². The summed E-state index contributed by atoms with van der Waals surface area (Å²) in [5.74, 6) is 9.05. The normalized spacial score (nSPS) is 11.3. The second kappa shape index (κ2) is 9.06. The van der Waals surface area contributed by atoms with Crippen LogP contribution in [0, 0.1) is 30.2 Å². The third-order valence-corrected chi connectivity index (χ3v) is 6.37. The predicted octanol–water partition coefficient (Wildman–Crippen LogP) is 3.92. The second-order valence-electron chi connectivity index (χ2n) is 7.31. The second-order valence-corrected chi connectivity index (χ2v) is 14.0. The van der Waals surface area contributed by atoms with E-state index in [2.05, 4.69) is 42.9 Å². The van der Waals surface area contributed by atoms with Gasteiger partial charge in [-0.05, 0) is 31.2 Å². The van der Waals surface area contributed by atoms with Crippen LogP contribution in [0.2, 0.25) is 19.6 Å². The van der Waals surface area contributed by atoms with Gasteiger partial charge in [0, 0.05) is 5.56 Å². The van der Waals surface area contributed by atoms with Crippen LogP contribution in [-0.2, 0) is 10.0 Å². The Balaban J connectivity index is 2.29. The number of rotatable bonds is 4. The summed E-state index contributed by atoms with van der Waals surface area (Å²) in [5, 5.41) is 0. The van der Waals surface area contributed by atoms with Gasteiger partial charge in [-0.3, -0.25) is 0 Å². The molecule has 0 unspecified atom stereocenters. The van der Waals surface area contributed by atoms with Crippen molar-refractivity contribution >= 4 is 18.1 Å². The van der Waals surface area contributed by atoms with Gasteiger partial charge in [-0.1, -0.05) is 73.3 Å². The van der Waals surface area contributed by atoms with Crippen LogP contribution in [-0.4, -0.2) is 33.9 Å². The Kier molecular flexibility index (Phi) is 7.04. The molecule has 0 fully saturated rings. The molecule has 0 aliphatic rings. The molecule has 0 saturated carbocycles. The van der Waals surface area contributed by atoms with Gasteiger partial charge in [0.05, 0.1) is 18.0 Å². The maximum atomic E-state index is 13.0. The Morgan fingerprint density at radius 3 is 2.07 bits per heavy atom. The highest BCUT2D eigenvalue weighted by Crippen LogP contribution is 2.16. The van der Waals surface area contributed by atoms with Crippen LogP contribution in [0.3, 0.4) is 0 Å². The first-order valence-electron chi connectivity index (χ1n) is 8.79. The van der Waals surface area contributed by atoms with Crippen molar-refractivity contribution in [2.24, 2.45) is 0 Å². The molecule has 0 N–H and O–H groups in total. The molecule has 5 heteroatoms. The van der Waals surface area contributed by atoms with E-state index in [9.17, 15) is 8.42 Å². The van der Waals surface area contributed by atoms with Crippen molar-refractivity contribution < 1.29 is 8.42 Å². The van der Waals surface area contributed by atoms with E-state index in [0.29, 0.717) is 0 Å². The summed E-state index contributed by atoms with van der Waals surface area (Å²) < 4.78 is 27.4. The molecule has 140 valence electrons. The van der Waals surface area contributed by atoms with Crippen LogP contribution in [0.4, 0.5) is 0 Å². The summed E-state index contributed by atoms with van der Waals surface area (Å²) in [7, 11) is -5.22. The number of benzene rings is 2. The average molecular weight is 396 g/mol. The summed E-state index contributed by atoms with van der Waals surface area (Å²) in [6.07, 6.45) is 0. The molecular formula is C22H25NO2SSi. The zero-order valence-electron chi connectivity index (χ0n) is 16.3. The molecule has 0 amide bonds. The minimum atomic E-state index is -3.65. The molecule has 0 radical (unpaired) electrons. The van der Waals surface area contributed by atoms with Crippen LogP contribution in [0.5, 0.6) is 0 Å². The average Bonchev–Trinajstić information content (AvgIpc) is 2.60. The van der Waals surface area contributed by atoms with Crippen LogP contribution < -0.4 is 0 Å². The van der Waals surface area contributed by atoms with Crippen molar-refractivity contribution in [3.8, 4) is 23.3 Å². The SMILES string of the molecule is Cc1ccc(S(=O)(=O)N(CC#Cc2ccccc2)CC#C[Si](C)(C)C)cc1. The monoisotopic (exact) mass is 395 g/mol. The van der Waals surface area contributed by atoms with Crippen molar-refractivity contribution in [3.05, 3.63) is 65.7 Å². The van der Waals surface area contributed by atoms with Gasteiger partial charge in [0.25, 0.3) is 0 Å².